The van der Waals surface area contributed by atoms with Crippen LogP contribution in [0.2, 0.25) is 0 Å². The maximum atomic E-state index is 12.0. The van der Waals surface area contributed by atoms with Gasteiger partial charge >= 0.3 is 0 Å². The van der Waals surface area contributed by atoms with E-state index in [9.17, 15) is 9.90 Å². The molecular formula is C16H21N5O3. The molecule has 0 spiro atoms. The lowest BCUT2D eigenvalue weighted by atomic mass is 9.93. The van der Waals surface area contributed by atoms with Gasteiger partial charge in [-0.15, -0.1) is 10.2 Å². The number of ether oxygens (including phenoxy) is 1. The monoisotopic (exact) mass is 331 g/mol. The smallest absolute Gasteiger partial charge is 0.274 e. The van der Waals surface area contributed by atoms with Crippen LogP contribution < -0.4 is 15.7 Å². The van der Waals surface area contributed by atoms with Crippen LogP contribution in [0.25, 0.3) is 0 Å². The minimum atomic E-state index is -0.385. The minimum Gasteiger partial charge on any atom is -0.504 e. The highest BCUT2D eigenvalue weighted by Crippen LogP contribution is 2.26. The summed E-state index contributed by atoms with van der Waals surface area (Å²) in [5.41, 5.74) is 3.00. The van der Waals surface area contributed by atoms with Gasteiger partial charge in [-0.3, -0.25) is 9.78 Å². The number of hydrazone groups is 1. The predicted octanol–water partition coefficient (Wildman–Crippen LogP) is 2.01. The van der Waals surface area contributed by atoms with Gasteiger partial charge in [-0.1, -0.05) is 20.8 Å². The molecule has 0 fully saturated rings. The van der Waals surface area contributed by atoms with Gasteiger partial charge in [0.15, 0.2) is 11.5 Å². The third-order valence-electron chi connectivity index (χ3n) is 3.08. The lowest BCUT2D eigenvalue weighted by molar-refractivity contribution is 0.318. The standard InChI is InChI=1S/C16H21N5O3/c1-5-24-12-8-10(6-7-11(12)22)9-17-20-15-18-14(23)13(19-21-15)16(2,3)4/h6-9,22H,5H2,1-4H3,(H2,18,20,21,23). The van der Waals surface area contributed by atoms with Gasteiger partial charge in [-0.05, 0) is 30.7 Å². The second-order valence-electron chi connectivity index (χ2n) is 6.13. The Hall–Kier alpha value is -2.90. The zero-order chi connectivity index (χ0) is 17.7. The van der Waals surface area contributed by atoms with Gasteiger partial charge in [0.25, 0.3) is 5.56 Å². The van der Waals surface area contributed by atoms with Crippen molar-refractivity contribution in [1.29, 1.82) is 0 Å². The third kappa shape index (κ3) is 4.31. The molecule has 2 rings (SSSR count). The first-order valence-corrected chi connectivity index (χ1v) is 7.53. The molecule has 8 heteroatoms. The fourth-order valence-corrected chi connectivity index (χ4v) is 1.93. The molecular weight excluding hydrogens is 310 g/mol. The van der Waals surface area contributed by atoms with Crippen LogP contribution in [0, 0.1) is 0 Å². The highest BCUT2D eigenvalue weighted by Gasteiger charge is 2.20. The summed E-state index contributed by atoms with van der Waals surface area (Å²) < 4.78 is 5.30. The van der Waals surface area contributed by atoms with Crippen molar-refractivity contribution < 1.29 is 9.84 Å². The van der Waals surface area contributed by atoms with Crippen molar-refractivity contribution in [3.05, 3.63) is 39.8 Å². The van der Waals surface area contributed by atoms with Crippen molar-refractivity contribution in [2.24, 2.45) is 5.10 Å². The summed E-state index contributed by atoms with van der Waals surface area (Å²) in [4.78, 5) is 14.6. The summed E-state index contributed by atoms with van der Waals surface area (Å²) in [6.07, 6.45) is 1.51. The molecule has 8 nitrogen and oxygen atoms in total. The van der Waals surface area contributed by atoms with E-state index in [0.29, 0.717) is 23.6 Å². The number of H-pyrrole nitrogens is 1. The minimum absolute atomic E-state index is 0.0647. The Morgan fingerprint density at radius 1 is 1.38 bits per heavy atom. The molecule has 24 heavy (non-hydrogen) atoms. The molecule has 3 N–H and O–H groups in total. The Kier molecular flexibility index (Phi) is 5.18. The van der Waals surface area contributed by atoms with Crippen molar-refractivity contribution in [2.75, 3.05) is 12.0 Å². The lowest BCUT2D eigenvalue weighted by Crippen LogP contribution is -2.28. The quantitative estimate of drug-likeness (QED) is 0.571. The molecule has 0 aliphatic rings. The summed E-state index contributed by atoms with van der Waals surface area (Å²) in [6.45, 7) is 7.94. The molecule has 0 atom stereocenters. The summed E-state index contributed by atoms with van der Waals surface area (Å²) in [5, 5.41) is 21.5. The maximum Gasteiger partial charge on any atom is 0.274 e. The summed E-state index contributed by atoms with van der Waals surface area (Å²) >= 11 is 0. The third-order valence-corrected chi connectivity index (χ3v) is 3.08. The van der Waals surface area contributed by atoms with Crippen LogP contribution in [0.3, 0.4) is 0 Å². The van der Waals surface area contributed by atoms with E-state index in [2.05, 4.69) is 25.7 Å². The molecule has 128 valence electrons. The topological polar surface area (TPSA) is 112 Å². The van der Waals surface area contributed by atoms with Crippen molar-refractivity contribution in [2.45, 2.75) is 33.1 Å². The van der Waals surface area contributed by atoms with Crippen LogP contribution in [0.1, 0.15) is 39.0 Å². The van der Waals surface area contributed by atoms with E-state index in [1.54, 1.807) is 12.1 Å². The molecule has 1 aromatic heterocycles. The van der Waals surface area contributed by atoms with E-state index in [4.69, 9.17) is 4.74 Å². The van der Waals surface area contributed by atoms with Crippen LogP contribution in [0.4, 0.5) is 5.95 Å². The number of aromatic amines is 1. The zero-order valence-electron chi connectivity index (χ0n) is 14.1. The molecule has 0 saturated heterocycles. The van der Waals surface area contributed by atoms with Crippen LogP contribution in [-0.2, 0) is 5.41 Å². The first-order valence-electron chi connectivity index (χ1n) is 7.53. The van der Waals surface area contributed by atoms with E-state index in [0.717, 1.165) is 0 Å². The van der Waals surface area contributed by atoms with Gasteiger partial charge in [0.2, 0.25) is 5.95 Å². The molecule has 1 heterocycles. The number of hydrogen-bond acceptors (Lipinski definition) is 7. The van der Waals surface area contributed by atoms with E-state index < -0.39 is 0 Å². The van der Waals surface area contributed by atoms with Crippen LogP contribution in [0.15, 0.2) is 28.1 Å². The Morgan fingerprint density at radius 2 is 2.12 bits per heavy atom. The molecule has 1 aromatic carbocycles. The first kappa shape index (κ1) is 17.5. The normalized spacial score (nSPS) is 11.7. The Morgan fingerprint density at radius 3 is 2.75 bits per heavy atom. The van der Waals surface area contributed by atoms with Crippen molar-refractivity contribution in [3.63, 3.8) is 0 Å². The van der Waals surface area contributed by atoms with Crippen LogP contribution in [-0.4, -0.2) is 33.1 Å². The average molecular weight is 331 g/mol. The number of benzene rings is 1. The number of phenols is 1. The van der Waals surface area contributed by atoms with E-state index in [1.165, 1.54) is 12.3 Å². The SMILES string of the molecule is CCOc1cc(C=NNc2nnc(C(C)(C)C)c(=O)[nH]2)ccc1O. The summed E-state index contributed by atoms with van der Waals surface area (Å²) in [7, 11) is 0. The Bertz CT molecular complexity index is 793. The Labute approximate surface area is 139 Å². The highest BCUT2D eigenvalue weighted by atomic mass is 16.5. The Balaban J connectivity index is 2.11. The van der Waals surface area contributed by atoms with Gasteiger partial charge in [0.05, 0.1) is 12.8 Å². The average Bonchev–Trinajstić information content (AvgIpc) is 2.49. The molecule has 0 unspecified atom stereocenters. The van der Waals surface area contributed by atoms with E-state index in [1.807, 2.05) is 27.7 Å². The van der Waals surface area contributed by atoms with Gasteiger partial charge in [0.1, 0.15) is 5.69 Å². The zero-order valence-corrected chi connectivity index (χ0v) is 14.1. The molecule has 0 saturated carbocycles. The van der Waals surface area contributed by atoms with E-state index in [-0.39, 0.29) is 22.7 Å². The predicted molar refractivity (Wildman–Crippen MR) is 91.8 cm³/mol. The number of aromatic hydroxyl groups is 1. The molecule has 0 amide bonds. The molecule has 2 aromatic rings. The number of nitrogens with one attached hydrogen (secondary N) is 2. The number of nitrogens with zero attached hydrogens (tertiary/aromatic N) is 3. The fourth-order valence-electron chi connectivity index (χ4n) is 1.93. The number of hydrogen-bond donors (Lipinski definition) is 3. The molecule has 0 radical (unpaired) electrons. The largest absolute Gasteiger partial charge is 0.504 e. The van der Waals surface area contributed by atoms with E-state index >= 15 is 0 Å². The van der Waals surface area contributed by atoms with Gasteiger partial charge in [-0.2, -0.15) is 5.10 Å². The van der Waals surface area contributed by atoms with Gasteiger partial charge in [-0.25, -0.2) is 5.43 Å². The van der Waals surface area contributed by atoms with Gasteiger partial charge in [0, 0.05) is 5.41 Å². The van der Waals surface area contributed by atoms with Crippen molar-refractivity contribution in [1.82, 2.24) is 15.2 Å². The number of anilines is 1. The number of rotatable bonds is 5. The van der Waals surface area contributed by atoms with Gasteiger partial charge < -0.3 is 9.84 Å². The van der Waals surface area contributed by atoms with Crippen molar-refractivity contribution in [3.8, 4) is 11.5 Å². The summed E-state index contributed by atoms with van der Waals surface area (Å²) in [5.74, 6) is 0.590. The molecule has 0 bridgehead atoms. The summed E-state index contributed by atoms with van der Waals surface area (Å²) in [6, 6.07) is 4.85. The van der Waals surface area contributed by atoms with Crippen LogP contribution >= 0.6 is 0 Å². The second kappa shape index (κ2) is 7.12. The fraction of sp³-hybridized carbons (Fsp3) is 0.375. The molecule has 0 aliphatic carbocycles. The second-order valence-corrected chi connectivity index (χ2v) is 6.13. The first-order chi connectivity index (χ1) is 11.3. The highest BCUT2D eigenvalue weighted by molar-refractivity contribution is 5.81. The molecule has 0 aliphatic heterocycles. The lowest BCUT2D eigenvalue weighted by Gasteiger charge is -2.15. The number of phenolic OH excluding ortho intramolecular Hbond substituents is 1. The number of aromatic nitrogens is 3. The van der Waals surface area contributed by atoms with Crippen LogP contribution in [0.5, 0.6) is 11.5 Å². The maximum absolute atomic E-state index is 12.0. The van der Waals surface area contributed by atoms with Crippen molar-refractivity contribution >= 4 is 12.2 Å².